The van der Waals surface area contributed by atoms with Crippen LogP contribution in [0.5, 0.6) is 5.75 Å². The summed E-state index contributed by atoms with van der Waals surface area (Å²) < 4.78 is 30.3. The van der Waals surface area contributed by atoms with Gasteiger partial charge in [0.25, 0.3) is 0 Å². The van der Waals surface area contributed by atoms with Gasteiger partial charge < -0.3 is 10.1 Å². The van der Waals surface area contributed by atoms with Crippen LogP contribution in [0.3, 0.4) is 0 Å². The van der Waals surface area contributed by atoms with Crippen LogP contribution in [0.15, 0.2) is 24.3 Å². The number of nitrogens with one attached hydrogen (secondary N) is 2. The summed E-state index contributed by atoms with van der Waals surface area (Å²) in [5, 5.41) is 2.62. The molecule has 2 N–H and O–H groups in total. The second-order valence-corrected chi connectivity index (χ2v) is 6.53. The van der Waals surface area contributed by atoms with Gasteiger partial charge in [-0.2, -0.15) is 0 Å². The molecule has 0 aliphatic heterocycles. The van der Waals surface area contributed by atoms with E-state index in [1.54, 1.807) is 24.3 Å². The normalized spacial score (nSPS) is 11.4. The summed E-state index contributed by atoms with van der Waals surface area (Å²) in [6, 6.07) is 7.00. The molecule has 7 heteroatoms. The number of benzene rings is 1. The Morgan fingerprint density at radius 2 is 1.95 bits per heavy atom. The average Bonchev–Trinajstić information content (AvgIpc) is 2.38. The molecule has 0 atom stereocenters. The van der Waals surface area contributed by atoms with Gasteiger partial charge in [0.1, 0.15) is 5.75 Å². The van der Waals surface area contributed by atoms with Crippen LogP contribution in [-0.4, -0.2) is 32.7 Å². The van der Waals surface area contributed by atoms with Crippen LogP contribution in [0.1, 0.15) is 20.8 Å². The molecule has 0 aliphatic carbocycles. The van der Waals surface area contributed by atoms with Crippen molar-refractivity contribution in [3.63, 3.8) is 0 Å². The summed E-state index contributed by atoms with van der Waals surface area (Å²) in [7, 11) is -3.38. The number of hydrogen-bond donors (Lipinski definition) is 2. The first-order chi connectivity index (χ1) is 9.34. The van der Waals surface area contributed by atoms with Gasteiger partial charge in [-0.25, -0.2) is 13.1 Å². The second-order valence-electron chi connectivity index (χ2n) is 4.44. The van der Waals surface area contributed by atoms with Crippen molar-refractivity contribution >= 4 is 21.6 Å². The van der Waals surface area contributed by atoms with E-state index in [4.69, 9.17) is 4.74 Å². The summed E-state index contributed by atoms with van der Waals surface area (Å²) in [4.78, 5) is 11.7. The Labute approximate surface area is 119 Å². The maximum Gasteiger partial charge on any atom is 0.239 e. The fourth-order valence-corrected chi connectivity index (χ4v) is 1.95. The quantitative estimate of drug-likeness (QED) is 0.796. The maximum atomic E-state index is 11.7. The monoisotopic (exact) mass is 300 g/mol. The lowest BCUT2D eigenvalue weighted by Gasteiger charge is -2.14. The molecule has 0 aliphatic rings. The lowest BCUT2D eigenvalue weighted by atomic mass is 10.3. The molecule has 0 unspecified atom stereocenters. The van der Waals surface area contributed by atoms with Crippen LogP contribution in [0, 0.1) is 0 Å². The number of sulfonamides is 1. The molecule has 0 spiro atoms. The molecule has 0 heterocycles. The molecule has 0 radical (unpaired) electrons. The first-order valence-corrected chi connectivity index (χ1v) is 8.02. The largest absolute Gasteiger partial charge is 0.489 e. The highest BCUT2D eigenvalue weighted by atomic mass is 32.2. The summed E-state index contributed by atoms with van der Waals surface area (Å²) in [6.07, 6.45) is -0.0216. The van der Waals surface area contributed by atoms with E-state index in [1.807, 2.05) is 13.8 Å². The predicted octanol–water partition coefficient (Wildman–Crippen LogP) is 1.35. The van der Waals surface area contributed by atoms with Gasteiger partial charge in [0.05, 0.1) is 24.1 Å². The minimum atomic E-state index is -3.38. The molecule has 1 aromatic carbocycles. The summed E-state index contributed by atoms with van der Waals surface area (Å²) in [5.74, 6) is 0.0453. The van der Waals surface area contributed by atoms with E-state index in [9.17, 15) is 13.2 Å². The van der Waals surface area contributed by atoms with Crippen molar-refractivity contribution in [1.29, 1.82) is 0 Å². The third-order valence-corrected chi connectivity index (χ3v) is 3.70. The summed E-state index contributed by atoms with van der Waals surface area (Å²) in [6.45, 7) is 4.97. The van der Waals surface area contributed by atoms with Crippen LogP contribution in [0.25, 0.3) is 0 Å². The Balaban J connectivity index is 2.66. The van der Waals surface area contributed by atoms with Crippen LogP contribution in [0.2, 0.25) is 0 Å². The zero-order valence-corrected chi connectivity index (χ0v) is 12.7. The number of rotatable bonds is 7. The van der Waals surface area contributed by atoms with Crippen LogP contribution < -0.4 is 14.8 Å². The average molecular weight is 300 g/mol. The highest BCUT2D eigenvalue weighted by Gasteiger charge is 2.12. The van der Waals surface area contributed by atoms with Crippen molar-refractivity contribution < 1.29 is 17.9 Å². The molecule has 0 aromatic heterocycles. The van der Waals surface area contributed by atoms with Crippen molar-refractivity contribution in [1.82, 2.24) is 4.72 Å². The van der Waals surface area contributed by atoms with E-state index in [0.717, 1.165) is 0 Å². The Morgan fingerprint density at radius 1 is 1.30 bits per heavy atom. The minimum Gasteiger partial charge on any atom is -0.489 e. The zero-order chi connectivity index (χ0) is 15.2. The van der Waals surface area contributed by atoms with Crippen LogP contribution in [0.4, 0.5) is 5.69 Å². The Hall–Kier alpha value is -1.60. The third kappa shape index (κ3) is 5.58. The number of ether oxygens (including phenoxy) is 1. The molecule has 1 aromatic rings. The Morgan fingerprint density at radius 3 is 2.55 bits per heavy atom. The molecule has 6 nitrogen and oxygen atoms in total. The molecule has 1 amide bonds. The van der Waals surface area contributed by atoms with Gasteiger partial charge in [-0.05, 0) is 32.9 Å². The lowest BCUT2D eigenvalue weighted by molar-refractivity contribution is -0.115. The number of carbonyl (C=O) groups is 1. The first-order valence-electron chi connectivity index (χ1n) is 6.37. The number of hydrogen-bond acceptors (Lipinski definition) is 4. The summed E-state index contributed by atoms with van der Waals surface area (Å²) >= 11 is 0. The van der Waals surface area contributed by atoms with Gasteiger partial charge in [0.2, 0.25) is 15.9 Å². The molecule has 0 bridgehead atoms. The van der Waals surface area contributed by atoms with Gasteiger partial charge in [0.15, 0.2) is 0 Å². The van der Waals surface area contributed by atoms with Crippen molar-refractivity contribution in [2.75, 3.05) is 17.6 Å². The molecule has 1 rings (SSSR count). The highest BCUT2D eigenvalue weighted by molar-refractivity contribution is 7.89. The zero-order valence-electron chi connectivity index (χ0n) is 11.8. The van der Waals surface area contributed by atoms with Crippen LogP contribution in [-0.2, 0) is 14.8 Å². The van der Waals surface area contributed by atoms with E-state index in [-0.39, 0.29) is 18.4 Å². The summed E-state index contributed by atoms with van der Waals surface area (Å²) in [5.41, 5.74) is 0.516. The van der Waals surface area contributed by atoms with Gasteiger partial charge >= 0.3 is 0 Å². The lowest BCUT2D eigenvalue weighted by Crippen LogP contribution is -2.33. The number of para-hydroxylation sites is 2. The smallest absolute Gasteiger partial charge is 0.239 e. The van der Waals surface area contributed by atoms with E-state index in [0.29, 0.717) is 11.4 Å². The van der Waals surface area contributed by atoms with E-state index in [2.05, 4.69) is 10.0 Å². The van der Waals surface area contributed by atoms with Crippen molar-refractivity contribution in [3.8, 4) is 5.75 Å². The van der Waals surface area contributed by atoms with Crippen molar-refractivity contribution in [2.24, 2.45) is 0 Å². The molecule has 0 saturated carbocycles. The van der Waals surface area contributed by atoms with E-state index >= 15 is 0 Å². The third-order valence-electron chi connectivity index (χ3n) is 2.36. The molecular weight excluding hydrogens is 280 g/mol. The number of carbonyl (C=O) groups excluding carboxylic acids is 1. The van der Waals surface area contributed by atoms with Crippen LogP contribution >= 0.6 is 0 Å². The first kappa shape index (κ1) is 16.5. The number of anilines is 1. The van der Waals surface area contributed by atoms with Crippen molar-refractivity contribution in [3.05, 3.63) is 24.3 Å². The maximum absolute atomic E-state index is 11.7. The Bertz CT molecular complexity index is 555. The molecule has 0 fully saturated rings. The fraction of sp³-hybridized carbons (Fsp3) is 0.462. The SMILES string of the molecule is CCS(=O)(=O)NCC(=O)Nc1ccccc1OC(C)C. The standard InChI is InChI=1S/C13H20N2O4S/c1-4-20(17,18)14-9-13(16)15-11-7-5-6-8-12(11)19-10(2)3/h5-8,10,14H,4,9H2,1-3H3,(H,15,16). The number of amides is 1. The van der Waals surface area contributed by atoms with Gasteiger partial charge in [-0.15, -0.1) is 0 Å². The van der Waals surface area contributed by atoms with E-state index < -0.39 is 15.9 Å². The van der Waals surface area contributed by atoms with Gasteiger partial charge in [-0.1, -0.05) is 12.1 Å². The molecule has 112 valence electrons. The Kier molecular flexibility index (Phi) is 5.97. The van der Waals surface area contributed by atoms with Crippen molar-refractivity contribution in [2.45, 2.75) is 26.9 Å². The van der Waals surface area contributed by atoms with Gasteiger partial charge in [0, 0.05) is 0 Å². The molecule has 20 heavy (non-hydrogen) atoms. The fourth-order valence-electron chi connectivity index (χ4n) is 1.40. The molecule has 0 saturated heterocycles. The minimum absolute atomic E-state index is 0.0216. The molecular formula is C13H20N2O4S. The van der Waals surface area contributed by atoms with Gasteiger partial charge in [-0.3, -0.25) is 4.79 Å². The highest BCUT2D eigenvalue weighted by Crippen LogP contribution is 2.24. The topological polar surface area (TPSA) is 84.5 Å². The second kappa shape index (κ2) is 7.25. The predicted molar refractivity (Wildman–Crippen MR) is 78.3 cm³/mol. The van der Waals surface area contributed by atoms with E-state index in [1.165, 1.54) is 6.92 Å².